The Morgan fingerprint density at radius 2 is 1.92 bits per heavy atom. The minimum absolute atomic E-state index is 0.122. The summed E-state index contributed by atoms with van der Waals surface area (Å²) in [5.74, 6) is 0.738. The van der Waals surface area contributed by atoms with Gasteiger partial charge in [-0.2, -0.15) is 0 Å². The van der Waals surface area contributed by atoms with E-state index in [2.05, 4.69) is 18.2 Å². The predicted molar refractivity (Wildman–Crippen MR) is 96.4 cm³/mol. The molecule has 3 atom stereocenters. The predicted octanol–water partition coefficient (Wildman–Crippen LogP) is 2.75. The number of benzene rings is 2. The van der Waals surface area contributed by atoms with Crippen molar-refractivity contribution in [1.82, 2.24) is 0 Å². The van der Waals surface area contributed by atoms with Gasteiger partial charge < -0.3 is 24.4 Å². The SMILES string of the molecule is CCOc1ccc(Cc2ccc3c(c2)[C@]2(CC(O)CC(CO)O2)O3)cc1. The molecule has 2 unspecified atom stereocenters. The molecule has 0 bridgehead atoms. The molecule has 2 aliphatic heterocycles. The Bertz CT molecular complexity index is 772. The fraction of sp³-hybridized carbons (Fsp3) is 0.429. The molecule has 26 heavy (non-hydrogen) atoms. The maximum atomic E-state index is 10.1. The number of aliphatic hydroxyl groups excluding tert-OH is 2. The van der Waals surface area contributed by atoms with Crippen molar-refractivity contribution in [3.05, 3.63) is 59.2 Å². The largest absolute Gasteiger partial charge is 0.494 e. The van der Waals surface area contributed by atoms with Crippen LogP contribution in [-0.4, -0.2) is 35.6 Å². The van der Waals surface area contributed by atoms with Gasteiger partial charge in [0.2, 0.25) is 5.79 Å². The van der Waals surface area contributed by atoms with Crippen LogP contribution in [-0.2, 0) is 16.9 Å². The second-order valence-corrected chi connectivity index (χ2v) is 6.96. The molecule has 5 heteroatoms. The molecule has 2 aliphatic rings. The summed E-state index contributed by atoms with van der Waals surface area (Å²) in [5.41, 5.74) is 3.30. The van der Waals surface area contributed by atoms with E-state index < -0.39 is 18.0 Å². The highest BCUT2D eigenvalue weighted by Gasteiger charge is 2.52. The average Bonchev–Trinajstić information content (AvgIpc) is 2.64. The van der Waals surface area contributed by atoms with Gasteiger partial charge in [-0.1, -0.05) is 18.2 Å². The Kier molecular flexibility index (Phi) is 4.61. The molecule has 0 radical (unpaired) electrons. The second kappa shape index (κ2) is 6.91. The summed E-state index contributed by atoms with van der Waals surface area (Å²) in [4.78, 5) is 0. The first-order chi connectivity index (χ1) is 12.6. The van der Waals surface area contributed by atoms with E-state index in [-0.39, 0.29) is 6.61 Å². The molecule has 5 nitrogen and oxygen atoms in total. The van der Waals surface area contributed by atoms with Crippen LogP contribution in [0.25, 0.3) is 0 Å². The Morgan fingerprint density at radius 3 is 2.65 bits per heavy atom. The Morgan fingerprint density at radius 1 is 1.15 bits per heavy atom. The highest BCUT2D eigenvalue weighted by Crippen LogP contribution is 2.51. The highest BCUT2D eigenvalue weighted by molar-refractivity contribution is 5.48. The molecule has 2 heterocycles. The van der Waals surface area contributed by atoms with E-state index in [0.717, 1.165) is 29.0 Å². The van der Waals surface area contributed by atoms with Crippen molar-refractivity contribution in [1.29, 1.82) is 0 Å². The van der Waals surface area contributed by atoms with Crippen LogP contribution >= 0.6 is 0 Å². The van der Waals surface area contributed by atoms with Crippen LogP contribution in [0.2, 0.25) is 0 Å². The van der Waals surface area contributed by atoms with Gasteiger partial charge in [-0.25, -0.2) is 0 Å². The van der Waals surface area contributed by atoms with Crippen molar-refractivity contribution in [2.24, 2.45) is 0 Å². The first-order valence-corrected chi connectivity index (χ1v) is 9.13. The summed E-state index contributed by atoms with van der Waals surface area (Å²) in [6, 6.07) is 14.2. The van der Waals surface area contributed by atoms with E-state index in [9.17, 15) is 10.2 Å². The van der Waals surface area contributed by atoms with Gasteiger partial charge in [0.15, 0.2) is 0 Å². The third-order valence-electron chi connectivity index (χ3n) is 4.97. The van der Waals surface area contributed by atoms with Crippen molar-refractivity contribution in [3.8, 4) is 11.5 Å². The normalized spacial score (nSPS) is 26.7. The van der Waals surface area contributed by atoms with Crippen LogP contribution in [0.3, 0.4) is 0 Å². The molecular weight excluding hydrogens is 332 g/mol. The molecule has 0 aromatic heterocycles. The van der Waals surface area contributed by atoms with Crippen molar-refractivity contribution >= 4 is 0 Å². The molecule has 2 aromatic rings. The third kappa shape index (κ3) is 3.18. The summed E-state index contributed by atoms with van der Waals surface area (Å²) in [6.07, 6.45) is 0.679. The minimum Gasteiger partial charge on any atom is -0.494 e. The van der Waals surface area contributed by atoms with Crippen LogP contribution in [0.5, 0.6) is 11.5 Å². The summed E-state index contributed by atoms with van der Waals surface area (Å²) < 4.78 is 17.3. The average molecular weight is 356 g/mol. The number of hydrogen-bond acceptors (Lipinski definition) is 5. The summed E-state index contributed by atoms with van der Waals surface area (Å²) in [5, 5.41) is 19.5. The molecule has 1 fully saturated rings. The van der Waals surface area contributed by atoms with Gasteiger partial charge in [0.05, 0.1) is 31.0 Å². The fourth-order valence-corrected chi connectivity index (χ4v) is 3.78. The van der Waals surface area contributed by atoms with E-state index in [1.165, 1.54) is 5.56 Å². The lowest BCUT2D eigenvalue weighted by molar-refractivity contribution is -0.293. The van der Waals surface area contributed by atoms with Crippen molar-refractivity contribution in [2.75, 3.05) is 13.2 Å². The zero-order valence-electron chi connectivity index (χ0n) is 14.9. The van der Waals surface area contributed by atoms with Gasteiger partial charge >= 0.3 is 0 Å². The number of ether oxygens (including phenoxy) is 3. The summed E-state index contributed by atoms with van der Waals surface area (Å²) in [7, 11) is 0. The summed E-state index contributed by atoms with van der Waals surface area (Å²) >= 11 is 0. The quantitative estimate of drug-likeness (QED) is 0.862. The van der Waals surface area contributed by atoms with Gasteiger partial charge in [-0.15, -0.1) is 0 Å². The number of hydrogen-bond donors (Lipinski definition) is 2. The van der Waals surface area contributed by atoms with Gasteiger partial charge in [-0.3, -0.25) is 0 Å². The topological polar surface area (TPSA) is 68.2 Å². The Hall–Kier alpha value is -2.08. The summed E-state index contributed by atoms with van der Waals surface area (Å²) in [6.45, 7) is 2.51. The molecule has 0 amide bonds. The maximum absolute atomic E-state index is 10.1. The van der Waals surface area contributed by atoms with E-state index in [4.69, 9.17) is 14.2 Å². The van der Waals surface area contributed by atoms with Gasteiger partial charge in [0.25, 0.3) is 0 Å². The zero-order chi connectivity index (χ0) is 18.1. The minimum atomic E-state index is -0.921. The smallest absolute Gasteiger partial charge is 0.243 e. The monoisotopic (exact) mass is 356 g/mol. The molecule has 138 valence electrons. The van der Waals surface area contributed by atoms with Crippen LogP contribution in [0, 0.1) is 0 Å². The fourth-order valence-electron chi connectivity index (χ4n) is 3.78. The van der Waals surface area contributed by atoms with Gasteiger partial charge in [0.1, 0.15) is 11.5 Å². The van der Waals surface area contributed by atoms with E-state index in [1.807, 2.05) is 31.2 Å². The van der Waals surface area contributed by atoms with Crippen LogP contribution in [0.15, 0.2) is 42.5 Å². The standard InChI is InChI=1S/C21H24O5/c1-2-24-17-6-3-14(4-7-17)9-15-5-8-20-19(10-15)21(26-20)12-16(23)11-18(13-22)25-21/h3-8,10,16,18,22-23H,2,9,11-13H2,1H3/t16?,18?,21-/m0/s1. The first kappa shape index (κ1) is 17.3. The van der Waals surface area contributed by atoms with Gasteiger partial charge in [-0.05, 0) is 48.7 Å². The molecule has 0 aliphatic carbocycles. The molecule has 4 rings (SSSR count). The van der Waals surface area contributed by atoms with Crippen LogP contribution < -0.4 is 9.47 Å². The zero-order valence-corrected chi connectivity index (χ0v) is 14.9. The Labute approximate surface area is 153 Å². The molecular formula is C21H24O5. The van der Waals surface area contributed by atoms with E-state index in [1.54, 1.807) is 0 Å². The van der Waals surface area contributed by atoms with E-state index >= 15 is 0 Å². The molecule has 2 aromatic carbocycles. The second-order valence-electron chi connectivity index (χ2n) is 6.96. The Balaban J connectivity index is 1.53. The lowest BCUT2D eigenvalue weighted by atomic mass is 9.87. The van der Waals surface area contributed by atoms with Crippen molar-refractivity contribution in [2.45, 2.75) is 44.2 Å². The lowest BCUT2D eigenvalue weighted by Gasteiger charge is -2.49. The first-order valence-electron chi connectivity index (χ1n) is 9.13. The van der Waals surface area contributed by atoms with E-state index in [0.29, 0.717) is 19.4 Å². The third-order valence-corrected chi connectivity index (χ3v) is 4.97. The number of fused-ring (bicyclic) bond motifs is 2. The highest BCUT2D eigenvalue weighted by atomic mass is 16.7. The molecule has 0 saturated carbocycles. The molecule has 2 N–H and O–H groups in total. The van der Waals surface area contributed by atoms with Crippen LogP contribution in [0.4, 0.5) is 0 Å². The van der Waals surface area contributed by atoms with Crippen molar-refractivity contribution < 1.29 is 24.4 Å². The lowest BCUT2D eigenvalue weighted by Crippen LogP contribution is -2.53. The molecule has 1 spiro atoms. The van der Waals surface area contributed by atoms with Crippen LogP contribution in [0.1, 0.15) is 36.5 Å². The van der Waals surface area contributed by atoms with Gasteiger partial charge in [0, 0.05) is 12.8 Å². The number of aliphatic hydroxyl groups is 2. The maximum Gasteiger partial charge on any atom is 0.243 e. The molecule has 1 saturated heterocycles. The van der Waals surface area contributed by atoms with Crippen molar-refractivity contribution in [3.63, 3.8) is 0 Å². The number of rotatable bonds is 5.